The molecule has 0 bridgehead atoms. The van der Waals surface area contributed by atoms with Crippen LogP contribution in [0.25, 0.3) is 0 Å². The molecule has 0 saturated heterocycles. The average molecular weight is 430 g/mol. The van der Waals surface area contributed by atoms with Crippen molar-refractivity contribution in [1.82, 2.24) is 5.32 Å². The van der Waals surface area contributed by atoms with Crippen molar-refractivity contribution in [2.45, 2.75) is 129 Å². The van der Waals surface area contributed by atoms with Crippen molar-refractivity contribution in [2.75, 3.05) is 24.7 Å². The van der Waals surface area contributed by atoms with Crippen LogP contribution in [0.2, 0.25) is 0 Å². The van der Waals surface area contributed by atoms with Gasteiger partial charge in [0.2, 0.25) is 5.91 Å². The Morgan fingerprint density at radius 2 is 1.07 bits per heavy atom. The molecule has 0 aromatic rings. The van der Waals surface area contributed by atoms with E-state index >= 15 is 0 Å². The molecule has 174 valence electrons. The molecule has 0 atom stereocenters. The van der Waals surface area contributed by atoms with Crippen LogP contribution >= 0.6 is 11.8 Å². The Morgan fingerprint density at radius 3 is 1.52 bits per heavy atom. The summed E-state index contributed by atoms with van der Waals surface area (Å²) in [6.07, 6.45) is 25.1. The molecule has 0 aromatic heterocycles. The molecule has 0 saturated carbocycles. The van der Waals surface area contributed by atoms with Crippen LogP contribution in [-0.2, 0) is 4.79 Å². The van der Waals surface area contributed by atoms with Crippen LogP contribution < -0.4 is 5.32 Å². The molecule has 1 amide bonds. The predicted molar refractivity (Wildman–Crippen MR) is 131 cm³/mol. The smallest absolute Gasteiger partial charge is 0.220 e. The Bertz CT molecular complexity index is 326. The van der Waals surface area contributed by atoms with Crippen molar-refractivity contribution in [2.24, 2.45) is 0 Å². The Balaban J connectivity index is 3.04. The Kier molecular flexibility index (Phi) is 25.6. The SMILES string of the molecule is CCCCCCCCCCCCSCCCCCCCCCCC(=O)NCCO. The lowest BCUT2D eigenvalue weighted by atomic mass is 10.1. The first-order chi connectivity index (χ1) is 14.3. The second kappa shape index (κ2) is 25.8. The maximum Gasteiger partial charge on any atom is 0.220 e. The molecule has 0 aliphatic rings. The topological polar surface area (TPSA) is 49.3 Å². The van der Waals surface area contributed by atoms with Crippen molar-refractivity contribution in [3.63, 3.8) is 0 Å². The molecule has 4 heteroatoms. The number of unbranched alkanes of at least 4 members (excludes halogenated alkanes) is 16. The first-order valence-electron chi connectivity index (χ1n) is 12.8. The van der Waals surface area contributed by atoms with Crippen LogP contribution in [0.15, 0.2) is 0 Å². The van der Waals surface area contributed by atoms with Crippen LogP contribution in [0.1, 0.15) is 129 Å². The van der Waals surface area contributed by atoms with Crippen molar-refractivity contribution in [3.05, 3.63) is 0 Å². The summed E-state index contributed by atoms with van der Waals surface area (Å²) in [7, 11) is 0. The third-order valence-corrected chi connectivity index (χ3v) is 6.67. The third kappa shape index (κ3) is 25.7. The van der Waals surface area contributed by atoms with E-state index in [4.69, 9.17) is 5.11 Å². The minimum Gasteiger partial charge on any atom is -0.395 e. The molecule has 0 aliphatic heterocycles. The van der Waals surface area contributed by atoms with E-state index in [-0.39, 0.29) is 12.5 Å². The molecule has 0 unspecified atom stereocenters. The first-order valence-corrected chi connectivity index (χ1v) is 13.9. The molecular formula is C25H51NO2S. The summed E-state index contributed by atoms with van der Waals surface area (Å²) in [5.74, 6) is 2.79. The van der Waals surface area contributed by atoms with Gasteiger partial charge in [-0.25, -0.2) is 0 Å². The molecule has 2 N–H and O–H groups in total. The number of hydrogen-bond donors (Lipinski definition) is 2. The third-order valence-electron chi connectivity index (χ3n) is 5.52. The normalized spacial score (nSPS) is 11.1. The summed E-state index contributed by atoms with van der Waals surface area (Å²) >= 11 is 2.16. The van der Waals surface area contributed by atoms with Gasteiger partial charge < -0.3 is 10.4 Å². The number of carbonyl (C=O) groups excluding carboxylic acids is 1. The fourth-order valence-corrected chi connectivity index (χ4v) is 4.65. The summed E-state index contributed by atoms with van der Waals surface area (Å²) in [5.41, 5.74) is 0. The van der Waals surface area contributed by atoms with Crippen LogP contribution in [0, 0.1) is 0 Å². The first kappa shape index (κ1) is 28.8. The fourth-order valence-electron chi connectivity index (χ4n) is 3.63. The van der Waals surface area contributed by atoms with Gasteiger partial charge in [-0.2, -0.15) is 11.8 Å². The molecule has 0 spiro atoms. The minimum atomic E-state index is 0.0313. The van der Waals surface area contributed by atoms with Crippen LogP contribution in [0.3, 0.4) is 0 Å². The van der Waals surface area contributed by atoms with Gasteiger partial charge in [0.15, 0.2) is 0 Å². The number of amides is 1. The zero-order valence-electron chi connectivity index (χ0n) is 19.5. The molecule has 3 nitrogen and oxygen atoms in total. The monoisotopic (exact) mass is 429 g/mol. The fraction of sp³-hybridized carbons (Fsp3) is 0.960. The van der Waals surface area contributed by atoms with Gasteiger partial charge in [0.25, 0.3) is 0 Å². The molecule has 0 radical (unpaired) electrons. The van der Waals surface area contributed by atoms with Crippen molar-refractivity contribution in [1.29, 1.82) is 0 Å². The van der Waals surface area contributed by atoms with Crippen molar-refractivity contribution in [3.8, 4) is 0 Å². The van der Waals surface area contributed by atoms with Gasteiger partial charge in [0.05, 0.1) is 6.61 Å². The maximum absolute atomic E-state index is 11.4. The number of aliphatic hydroxyl groups is 1. The van der Waals surface area contributed by atoms with Gasteiger partial charge >= 0.3 is 0 Å². The highest BCUT2D eigenvalue weighted by Crippen LogP contribution is 2.15. The number of nitrogens with one attached hydrogen (secondary N) is 1. The van der Waals surface area contributed by atoms with Crippen molar-refractivity contribution < 1.29 is 9.90 Å². The zero-order chi connectivity index (χ0) is 21.3. The van der Waals surface area contributed by atoms with Gasteiger partial charge in [-0.3, -0.25) is 4.79 Å². The van der Waals surface area contributed by atoms with Gasteiger partial charge in [0.1, 0.15) is 0 Å². The second-order valence-corrected chi connectivity index (χ2v) is 9.67. The number of aliphatic hydroxyl groups excluding tert-OH is 1. The van der Waals surface area contributed by atoms with E-state index in [1.807, 2.05) is 0 Å². The van der Waals surface area contributed by atoms with Crippen LogP contribution in [-0.4, -0.2) is 35.7 Å². The highest BCUT2D eigenvalue weighted by Gasteiger charge is 2.00. The van der Waals surface area contributed by atoms with E-state index < -0.39 is 0 Å². The van der Waals surface area contributed by atoms with E-state index in [2.05, 4.69) is 24.0 Å². The molecule has 0 rings (SSSR count). The maximum atomic E-state index is 11.4. The van der Waals surface area contributed by atoms with Gasteiger partial charge in [-0.15, -0.1) is 0 Å². The quantitative estimate of drug-likeness (QED) is 0.159. The number of carbonyl (C=O) groups is 1. The minimum absolute atomic E-state index is 0.0313. The van der Waals surface area contributed by atoms with Gasteiger partial charge in [-0.1, -0.05) is 103 Å². The largest absolute Gasteiger partial charge is 0.395 e. The lowest BCUT2D eigenvalue weighted by molar-refractivity contribution is -0.121. The van der Waals surface area contributed by atoms with E-state index in [1.165, 1.54) is 114 Å². The van der Waals surface area contributed by atoms with Crippen LogP contribution in [0.4, 0.5) is 0 Å². The van der Waals surface area contributed by atoms with E-state index in [1.54, 1.807) is 0 Å². The Morgan fingerprint density at radius 1 is 0.655 bits per heavy atom. The van der Waals surface area contributed by atoms with E-state index in [0.717, 1.165) is 12.8 Å². The lowest BCUT2D eigenvalue weighted by Gasteiger charge is -2.04. The molecule has 0 fully saturated rings. The molecule has 29 heavy (non-hydrogen) atoms. The standard InChI is InChI=1S/C25H51NO2S/c1-2-3-4-5-6-7-9-12-15-18-23-29-24-19-16-13-10-8-11-14-17-20-25(28)26-21-22-27/h27H,2-24H2,1H3,(H,26,28). The highest BCUT2D eigenvalue weighted by atomic mass is 32.2. The highest BCUT2D eigenvalue weighted by molar-refractivity contribution is 7.99. The summed E-state index contributed by atoms with van der Waals surface area (Å²) in [4.78, 5) is 11.4. The van der Waals surface area contributed by atoms with Crippen molar-refractivity contribution >= 4 is 17.7 Å². The summed E-state index contributed by atoms with van der Waals surface area (Å²) in [6.45, 7) is 2.70. The molecule has 0 aliphatic carbocycles. The molecule has 0 heterocycles. The second-order valence-electron chi connectivity index (χ2n) is 8.45. The summed E-state index contributed by atoms with van der Waals surface area (Å²) in [6, 6.07) is 0. The van der Waals surface area contributed by atoms with Gasteiger partial charge in [-0.05, 0) is 30.8 Å². The Labute approximate surface area is 186 Å². The number of hydrogen-bond acceptors (Lipinski definition) is 3. The average Bonchev–Trinajstić information content (AvgIpc) is 2.73. The molecular weight excluding hydrogens is 378 g/mol. The summed E-state index contributed by atoms with van der Waals surface area (Å²) < 4.78 is 0. The van der Waals surface area contributed by atoms with Crippen LogP contribution in [0.5, 0.6) is 0 Å². The molecule has 0 aromatic carbocycles. The summed E-state index contributed by atoms with van der Waals surface area (Å²) in [5, 5.41) is 11.3. The van der Waals surface area contributed by atoms with E-state index in [9.17, 15) is 4.79 Å². The predicted octanol–water partition coefficient (Wildman–Crippen LogP) is 7.26. The van der Waals surface area contributed by atoms with Gasteiger partial charge in [0, 0.05) is 13.0 Å². The Hall–Kier alpha value is -0.220. The lowest BCUT2D eigenvalue weighted by Crippen LogP contribution is -2.25. The number of rotatable bonds is 24. The zero-order valence-corrected chi connectivity index (χ0v) is 20.3. The number of thioether (sulfide) groups is 1. The van der Waals surface area contributed by atoms with E-state index in [0.29, 0.717) is 13.0 Å².